The van der Waals surface area contributed by atoms with Crippen LogP contribution in [0.5, 0.6) is 0 Å². The number of hydrogen-bond acceptors (Lipinski definition) is 18. The van der Waals surface area contributed by atoms with Crippen LogP contribution in [-0.2, 0) is 43.9 Å². The van der Waals surface area contributed by atoms with Crippen LogP contribution in [0.3, 0.4) is 0 Å². The minimum Gasteiger partial charge on any atom is -0.322 e. The molecule has 0 aliphatic rings. The van der Waals surface area contributed by atoms with Crippen LogP contribution in [0.25, 0.3) is 17.0 Å². The van der Waals surface area contributed by atoms with E-state index in [2.05, 4.69) is 49.5 Å². The van der Waals surface area contributed by atoms with Gasteiger partial charge >= 0.3 is 0 Å². The van der Waals surface area contributed by atoms with E-state index in [1.165, 1.54) is 16.8 Å². The van der Waals surface area contributed by atoms with Crippen LogP contribution >= 0.6 is 22.6 Å². The van der Waals surface area contributed by atoms with E-state index in [-0.39, 0.29) is 27.6 Å². The summed E-state index contributed by atoms with van der Waals surface area (Å²) in [5.74, 6) is -0.640. The van der Waals surface area contributed by atoms with Gasteiger partial charge in [-0.1, -0.05) is 25.8 Å². The van der Waals surface area contributed by atoms with E-state index in [0.717, 1.165) is 12.1 Å². The van der Waals surface area contributed by atoms with Gasteiger partial charge in [-0.15, -0.1) is 24.3 Å². The average Bonchev–Trinajstić information content (AvgIpc) is 3.74. The second-order valence-electron chi connectivity index (χ2n) is 10.7. The van der Waals surface area contributed by atoms with Gasteiger partial charge in [-0.3, -0.25) is 13.9 Å². The number of carbonyl (C=O) groups excluding carboxylic acids is 1. The second kappa shape index (κ2) is 13.2. The van der Waals surface area contributed by atoms with Crippen LogP contribution < -0.4 is 5.32 Å². The molecule has 260 valence electrons. The lowest BCUT2D eigenvalue weighted by molar-refractivity contribution is -0.431. The minimum atomic E-state index is -4.93. The molecule has 0 spiro atoms. The number of carbonyl (C=O) groups is 1. The van der Waals surface area contributed by atoms with Gasteiger partial charge in [0.15, 0.2) is 28.2 Å². The van der Waals surface area contributed by atoms with Crippen molar-refractivity contribution in [2.45, 2.75) is 41.1 Å². The first-order valence-corrected chi connectivity index (χ1v) is 19.3. The monoisotopic (exact) mass is 775 g/mol. The summed E-state index contributed by atoms with van der Waals surface area (Å²) >= 11 is 0.408. The van der Waals surface area contributed by atoms with Crippen LogP contribution in [0.1, 0.15) is 36.8 Å². The van der Waals surface area contributed by atoms with Gasteiger partial charge in [0, 0.05) is 33.8 Å². The van der Waals surface area contributed by atoms with Gasteiger partial charge < -0.3 is 10.3 Å². The first-order valence-electron chi connectivity index (χ1n) is 12.9. The van der Waals surface area contributed by atoms with Crippen LogP contribution in [0.2, 0.25) is 0 Å². The largest absolute Gasteiger partial charge is 0.322 e. The Hall–Kier alpha value is -4.25. The fourth-order valence-electron chi connectivity index (χ4n) is 3.97. The van der Waals surface area contributed by atoms with Crippen molar-refractivity contribution >= 4 is 79.8 Å². The van der Waals surface area contributed by atoms with Gasteiger partial charge in [0.2, 0.25) is 5.13 Å². The standard InChI is InChI=1S/C23H21N9O12S5/c1-23(2,3)17-16(27-28-21-26-22(31-45-21)49(41,42)46-44-43-34)19-25-18(30-32(19)29-17)11-4-6-13(7-5-11)24-20(33)12-8-14(47(35,36)37)10-15(9-12)48(38,39)40/h4-10,34H,1-3H3,(H,24,33)(H,25,30)(H,35,36,37)(H,38,39,40). The van der Waals surface area contributed by atoms with Gasteiger partial charge in [-0.25, -0.2) is 13.7 Å². The smallest absolute Gasteiger partial charge is 0.294 e. The molecule has 26 heteroatoms. The van der Waals surface area contributed by atoms with Gasteiger partial charge in [0.1, 0.15) is 0 Å². The molecule has 0 saturated heterocycles. The fraction of sp³-hybridized carbons (Fsp3) is 0.174. The maximum absolute atomic E-state index is 12.8. The lowest BCUT2D eigenvalue weighted by Crippen LogP contribution is -2.14. The summed E-state index contributed by atoms with van der Waals surface area (Å²) in [5, 5.41) is 30.4. The molecular formula is C23H21N9O12S5. The number of H-pyrrole nitrogens is 1. The number of aromatic amines is 1. The summed E-state index contributed by atoms with van der Waals surface area (Å²) in [7, 11) is -14.1. The summed E-state index contributed by atoms with van der Waals surface area (Å²) in [6.07, 6.45) is 0. The van der Waals surface area contributed by atoms with Crippen molar-refractivity contribution in [2.75, 3.05) is 5.32 Å². The summed E-state index contributed by atoms with van der Waals surface area (Å²) < 4.78 is 98.3. The number of nitrogens with one attached hydrogen (secondary N) is 2. The third-order valence-corrected chi connectivity index (χ3v) is 10.6. The molecule has 0 atom stereocenters. The molecule has 0 aliphatic heterocycles. The molecule has 21 nitrogen and oxygen atoms in total. The molecule has 0 unspecified atom stereocenters. The third-order valence-electron chi connectivity index (χ3n) is 6.14. The number of rotatable bonds is 11. The second-order valence-corrected chi connectivity index (χ2v) is 17.5. The molecule has 1 amide bonds. The Balaban J connectivity index is 1.41. The lowest BCUT2D eigenvalue weighted by atomic mass is 9.91. The molecule has 3 heterocycles. The molecule has 0 aliphatic carbocycles. The molecule has 5 aromatic rings. The average molecular weight is 776 g/mol. The topological polar surface area (TPSA) is 307 Å². The Kier molecular flexibility index (Phi) is 9.73. The highest BCUT2D eigenvalue weighted by atomic mass is 33.1. The number of anilines is 1. The van der Waals surface area contributed by atoms with Crippen molar-refractivity contribution in [3.63, 3.8) is 0 Å². The predicted octanol–water partition coefficient (Wildman–Crippen LogP) is 3.79. The third kappa shape index (κ3) is 8.15. The van der Waals surface area contributed by atoms with E-state index in [0.29, 0.717) is 40.3 Å². The molecule has 0 radical (unpaired) electrons. The van der Waals surface area contributed by atoms with Crippen molar-refractivity contribution in [1.29, 1.82) is 0 Å². The first-order chi connectivity index (χ1) is 22.8. The van der Waals surface area contributed by atoms with E-state index in [9.17, 15) is 39.2 Å². The number of nitrogens with zero attached hydrogens (tertiary/aromatic N) is 7. The number of amides is 1. The Labute approximate surface area is 283 Å². The Morgan fingerprint density at radius 2 is 1.61 bits per heavy atom. The summed E-state index contributed by atoms with van der Waals surface area (Å²) in [6.45, 7) is 5.63. The molecule has 0 bridgehead atoms. The fourth-order valence-corrected chi connectivity index (χ4v) is 7.31. The van der Waals surface area contributed by atoms with E-state index in [1.807, 2.05) is 20.8 Å². The van der Waals surface area contributed by atoms with Gasteiger partial charge in [0.25, 0.3) is 40.2 Å². The highest BCUT2D eigenvalue weighted by molar-refractivity contribution is 8.70. The lowest BCUT2D eigenvalue weighted by Gasteiger charge is -2.15. The SMILES string of the molecule is CC(C)(C)c1nn2nc(-c3ccc(NC(=O)c4cc(S(=O)(=O)O)cc(S(=O)(=O)O)c4)cc3)[nH]c2c1N=Nc1nc(S(=O)(=O)SOOO)ns1. The van der Waals surface area contributed by atoms with Crippen molar-refractivity contribution < 1.29 is 53.8 Å². The van der Waals surface area contributed by atoms with E-state index >= 15 is 0 Å². The van der Waals surface area contributed by atoms with Crippen LogP contribution in [0, 0.1) is 0 Å². The number of fused-ring (bicyclic) bond motifs is 1. The molecule has 5 rings (SSSR count). The quantitative estimate of drug-likeness (QED) is 0.0318. The Morgan fingerprint density at radius 3 is 2.18 bits per heavy atom. The van der Waals surface area contributed by atoms with Crippen molar-refractivity contribution in [3.8, 4) is 11.4 Å². The molecule has 3 aromatic heterocycles. The minimum absolute atomic E-state index is 0.125. The van der Waals surface area contributed by atoms with Crippen molar-refractivity contribution in [3.05, 3.63) is 53.7 Å². The highest BCUT2D eigenvalue weighted by Gasteiger charge is 2.28. The van der Waals surface area contributed by atoms with Gasteiger partial charge in [-0.2, -0.15) is 31.3 Å². The van der Waals surface area contributed by atoms with E-state index in [1.54, 1.807) is 12.1 Å². The number of aromatic nitrogens is 6. The summed E-state index contributed by atoms with van der Waals surface area (Å²) in [5.41, 5.74) is 0.749. The summed E-state index contributed by atoms with van der Waals surface area (Å²) in [4.78, 5) is 17.9. The van der Waals surface area contributed by atoms with E-state index < -0.39 is 60.9 Å². The number of hydrogen-bond donors (Lipinski definition) is 5. The van der Waals surface area contributed by atoms with Gasteiger partial charge in [0.05, 0.1) is 15.5 Å². The zero-order chi connectivity index (χ0) is 35.9. The van der Waals surface area contributed by atoms with Crippen LogP contribution in [0.15, 0.2) is 67.6 Å². The van der Waals surface area contributed by atoms with Crippen molar-refractivity contribution in [1.82, 2.24) is 29.2 Å². The number of benzene rings is 2. The highest BCUT2D eigenvalue weighted by Crippen LogP contribution is 2.36. The first kappa shape index (κ1) is 36.0. The molecular weight excluding hydrogens is 755 g/mol. The van der Waals surface area contributed by atoms with Gasteiger partial charge in [-0.05, 0) is 42.5 Å². The van der Waals surface area contributed by atoms with Crippen LogP contribution in [-0.4, -0.2) is 74.7 Å². The maximum atomic E-state index is 12.8. The van der Waals surface area contributed by atoms with E-state index in [4.69, 9.17) is 5.26 Å². The maximum Gasteiger partial charge on any atom is 0.294 e. The number of azo groups is 1. The zero-order valence-corrected chi connectivity index (χ0v) is 28.8. The molecule has 0 saturated carbocycles. The Bertz CT molecular complexity index is 2380. The Morgan fingerprint density at radius 1 is 0.980 bits per heavy atom. The normalized spacial score (nSPS) is 13.0. The molecule has 2 aromatic carbocycles. The molecule has 0 fully saturated rings. The summed E-state index contributed by atoms with van der Waals surface area (Å²) in [6, 6.07) is 8.03. The zero-order valence-electron chi connectivity index (χ0n) is 24.7. The predicted molar refractivity (Wildman–Crippen MR) is 169 cm³/mol. The molecule has 5 N–H and O–H groups in total. The van der Waals surface area contributed by atoms with Crippen LogP contribution in [0.4, 0.5) is 16.5 Å². The van der Waals surface area contributed by atoms with Crippen molar-refractivity contribution in [2.24, 2.45) is 10.2 Å². The molecule has 49 heavy (non-hydrogen) atoms.